The predicted octanol–water partition coefficient (Wildman–Crippen LogP) is 12.2. The number of likely N-dealkylation sites (tertiary alicyclic amines) is 1. The monoisotopic (exact) mass is 892 g/mol. The summed E-state index contributed by atoms with van der Waals surface area (Å²) in [6, 6.07) is 0.226. The van der Waals surface area contributed by atoms with Crippen LogP contribution in [-0.2, 0) is 33.3 Å². The highest BCUT2D eigenvalue weighted by molar-refractivity contribution is 5.70. The van der Waals surface area contributed by atoms with Gasteiger partial charge in [0, 0.05) is 71.2 Å². The van der Waals surface area contributed by atoms with Crippen molar-refractivity contribution in [2.24, 2.45) is 0 Å². The maximum Gasteiger partial charge on any atom is 0.307 e. The van der Waals surface area contributed by atoms with Gasteiger partial charge in [-0.1, -0.05) is 149 Å². The Kier molecular flexibility index (Phi) is 36.9. The van der Waals surface area contributed by atoms with E-state index in [0.717, 1.165) is 142 Å². The van der Waals surface area contributed by atoms with Crippen molar-refractivity contribution in [1.82, 2.24) is 14.7 Å². The van der Waals surface area contributed by atoms with Crippen LogP contribution < -0.4 is 0 Å². The first-order chi connectivity index (χ1) is 30.8. The summed E-state index contributed by atoms with van der Waals surface area (Å²) in [5.74, 6) is -0.166. The number of carbonyl (C=O) groups excluding carboxylic acids is 3. The first-order valence-electron chi connectivity index (χ1n) is 27.1. The maximum atomic E-state index is 12.9. The molecule has 0 bridgehead atoms. The van der Waals surface area contributed by atoms with Gasteiger partial charge < -0.3 is 28.7 Å². The lowest BCUT2D eigenvalue weighted by atomic mass is 10.0. The molecule has 10 nitrogen and oxygen atoms in total. The summed E-state index contributed by atoms with van der Waals surface area (Å²) in [6.45, 7) is 15.2. The van der Waals surface area contributed by atoms with Gasteiger partial charge in [0.1, 0.15) is 12.2 Å². The highest BCUT2D eigenvalue weighted by Crippen LogP contribution is 2.23. The molecule has 63 heavy (non-hydrogen) atoms. The molecule has 0 N–H and O–H groups in total. The van der Waals surface area contributed by atoms with Crippen molar-refractivity contribution in [3.05, 3.63) is 0 Å². The molecule has 2 aliphatic heterocycles. The van der Waals surface area contributed by atoms with E-state index >= 15 is 0 Å². The quantitative estimate of drug-likeness (QED) is 0.0334. The number of hydrogen-bond donors (Lipinski definition) is 0. The number of piperazine rings is 1. The van der Waals surface area contributed by atoms with Crippen LogP contribution in [0.15, 0.2) is 0 Å². The third-order valence-electron chi connectivity index (χ3n) is 13.4. The summed E-state index contributed by atoms with van der Waals surface area (Å²) >= 11 is 0. The number of likely N-dealkylation sites (N-methyl/N-ethyl adjacent to an activating group) is 1. The molecule has 0 amide bonds. The Labute approximate surface area is 388 Å². The zero-order chi connectivity index (χ0) is 45.4. The second kappa shape index (κ2) is 40.5. The largest absolute Gasteiger partial charge is 0.466 e. The molecule has 2 aliphatic rings. The molecular weight excluding hydrogens is 791 g/mol. The Bertz CT molecular complexity index is 1090. The lowest BCUT2D eigenvalue weighted by Gasteiger charge is -2.32. The molecule has 0 saturated carbocycles. The van der Waals surface area contributed by atoms with Crippen LogP contribution in [0.1, 0.15) is 233 Å². The van der Waals surface area contributed by atoms with Gasteiger partial charge in [-0.25, -0.2) is 0 Å². The van der Waals surface area contributed by atoms with E-state index in [4.69, 9.17) is 18.9 Å². The van der Waals surface area contributed by atoms with E-state index < -0.39 is 0 Å². The minimum atomic E-state index is -0.104. The van der Waals surface area contributed by atoms with Crippen molar-refractivity contribution in [3.63, 3.8) is 0 Å². The molecule has 2 heterocycles. The van der Waals surface area contributed by atoms with Crippen LogP contribution in [0.25, 0.3) is 0 Å². The van der Waals surface area contributed by atoms with Gasteiger partial charge in [0.25, 0.3) is 0 Å². The molecule has 2 unspecified atom stereocenters. The molecule has 2 fully saturated rings. The van der Waals surface area contributed by atoms with Gasteiger partial charge in [0.15, 0.2) is 0 Å². The standard InChI is InChI=1S/C53H101N3O7/c1-5-8-11-14-16-17-18-23-31-44-61-51(57)34-28-24-29-37-56-46-50(63-53(59)36-38-55-41-39-54(4)40-42-55)45-48(56)47-60-43-30-22-19-21-27-35-52(58)62-49(32-25-13-10-7-3)33-26-20-15-12-9-6-2/h48-50H,5-47H2,1-4H3/t48?,49?,50-/m0/s1. The number of ether oxygens (including phenoxy) is 4. The lowest BCUT2D eigenvalue weighted by Crippen LogP contribution is -2.45. The molecule has 2 rings (SSSR count). The van der Waals surface area contributed by atoms with Gasteiger partial charge in [-0.05, 0) is 71.4 Å². The second-order valence-electron chi connectivity index (χ2n) is 19.4. The smallest absolute Gasteiger partial charge is 0.307 e. The van der Waals surface area contributed by atoms with Crippen LogP contribution in [0.2, 0.25) is 0 Å². The minimum Gasteiger partial charge on any atom is -0.466 e. The first kappa shape index (κ1) is 57.4. The normalized spacial score (nSPS) is 17.9. The number of carbonyl (C=O) groups is 3. The van der Waals surface area contributed by atoms with Gasteiger partial charge >= 0.3 is 17.9 Å². The van der Waals surface area contributed by atoms with Crippen LogP contribution in [0, 0.1) is 0 Å². The van der Waals surface area contributed by atoms with Crippen LogP contribution >= 0.6 is 0 Å². The second-order valence-corrected chi connectivity index (χ2v) is 19.4. The zero-order valence-corrected chi connectivity index (χ0v) is 41.8. The van der Waals surface area contributed by atoms with Gasteiger partial charge in [0.2, 0.25) is 0 Å². The lowest BCUT2D eigenvalue weighted by molar-refractivity contribution is -0.150. The summed E-state index contributed by atoms with van der Waals surface area (Å²) in [7, 11) is 2.15. The molecule has 3 atom stereocenters. The average molecular weight is 892 g/mol. The molecule has 0 aromatic carbocycles. The Morgan fingerprint density at radius 3 is 1.65 bits per heavy atom. The van der Waals surface area contributed by atoms with Crippen molar-refractivity contribution in [1.29, 1.82) is 0 Å². The van der Waals surface area contributed by atoms with E-state index in [0.29, 0.717) is 32.5 Å². The van der Waals surface area contributed by atoms with Gasteiger partial charge in [-0.2, -0.15) is 0 Å². The zero-order valence-electron chi connectivity index (χ0n) is 41.8. The van der Waals surface area contributed by atoms with E-state index in [1.165, 1.54) is 103 Å². The van der Waals surface area contributed by atoms with Crippen molar-refractivity contribution >= 4 is 17.9 Å². The fourth-order valence-electron chi connectivity index (χ4n) is 9.15. The molecule has 0 aromatic heterocycles. The Balaban J connectivity index is 1.65. The van der Waals surface area contributed by atoms with E-state index in [1.807, 2.05) is 0 Å². The number of esters is 3. The van der Waals surface area contributed by atoms with E-state index in [9.17, 15) is 14.4 Å². The number of hydrogen-bond acceptors (Lipinski definition) is 10. The average Bonchev–Trinajstić information content (AvgIpc) is 3.66. The maximum absolute atomic E-state index is 12.9. The van der Waals surface area contributed by atoms with Gasteiger partial charge in [0.05, 0.1) is 19.6 Å². The number of nitrogens with zero attached hydrogens (tertiary/aromatic N) is 3. The van der Waals surface area contributed by atoms with Gasteiger partial charge in [-0.3, -0.25) is 19.3 Å². The molecule has 370 valence electrons. The highest BCUT2D eigenvalue weighted by atomic mass is 16.5. The topological polar surface area (TPSA) is 97.9 Å². The minimum absolute atomic E-state index is 0.00738. The molecule has 2 saturated heterocycles. The first-order valence-corrected chi connectivity index (χ1v) is 27.1. The van der Waals surface area contributed by atoms with Crippen molar-refractivity contribution in [2.45, 2.75) is 251 Å². The van der Waals surface area contributed by atoms with Crippen molar-refractivity contribution in [3.8, 4) is 0 Å². The van der Waals surface area contributed by atoms with E-state index in [-0.39, 0.29) is 36.2 Å². The molecule has 0 spiro atoms. The van der Waals surface area contributed by atoms with Crippen molar-refractivity contribution in [2.75, 3.05) is 72.7 Å². The molecule has 0 aliphatic carbocycles. The Morgan fingerprint density at radius 2 is 1.03 bits per heavy atom. The summed E-state index contributed by atoms with van der Waals surface area (Å²) < 4.78 is 23.8. The molecule has 10 heteroatoms. The van der Waals surface area contributed by atoms with Crippen molar-refractivity contribution < 1.29 is 33.3 Å². The van der Waals surface area contributed by atoms with Crippen LogP contribution in [-0.4, -0.2) is 124 Å². The molecule has 0 aromatic rings. The Morgan fingerprint density at radius 1 is 0.524 bits per heavy atom. The fourth-order valence-corrected chi connectivity index (χ4v) is 9.15. The SMILES string of the molecule is CCCCCCCCCCCOC(=O)CCCCCN1C[C@@H](OC(=O)CCN2CCN(C)CC2)CC1COCCCCCCCC(=O)OC(CCCCCC)CCCCCCCC. The summed E-state index contributed by atoms with van der Waals surface area (Å²) in [5, 5.41) is 0. The fraction of sp³-hybridized carbons (Fsp3) is 0.943. The van der Waals surface area contributed by atoms with Crippen LogP contribution in [0.4, 0.5) is 0 Å². The number of unbranched alkanes of at least 4 members (excludes halogenated alkanes) is 22. The third kappa shape index (κ3) is 32.5. The highest BCUT2D eigenvalue weighted by Gasteiger charge is 2.34. The third-order valence-corrected chi connectivity index (χ3v) is 13.4. The van der Waals surface area contributed by atoms with Crippen LogP contribution in [0.3, 0.4) is 0 Å². The number of rotatable bonds is 43. The predicted molar refractivity (Wildman–Crippen MR) is 260 cm³/mol. The van der Waals surface area contributed by atoms with Crippen LogP contribution in [0.5, 0.6) is 0 Å². The van der Waals surface area contributed by atoms with Gasteiger partial charge in [-0.15, -0.1) is 0 Å². The summed E-state index contributed by atoms with van der Waals surface area (Å²) in [5.41, 5.74) is 0. The van der Waals surface area contributed by atoms with E-state index in [2.05, 4.69) is 42.5 Å². The van der Waals surface area contributed by atoms with E-state index in [1.54, 1.807) is 0 Å². The Hall–Kier alpha value is -1.75. The summed E-state index contributed by atoms with van der Waals surface area (Å²) in [4.78, 5) is 45.2. The summed E-state index contributed by atoms with van der Waals surface area (Å²) in [6.07, 6.45) is 36.1. The molecule has 0 radical (unpaired) electrons. The molecular formula is C53H101N3O7.